The Morgan fingerprint density at radius 2 is 1.90 bits per heavy atom. The van der Waals surface area contributed by atoms with Crippen molar-refractivity contribution in [1.82, 2.24) is 10.2 Å². The van der Waals surface area contributed by atoms with Crippen LogP contribution >= 0.6 is 0 Å². The third-order valence-electron chi connectivity index (χ3n) is 3.82. The van der Waals surface area contributed by atoms with Crippen molar-refractivity contribution in [3.05, 3.63) is 29.8 Å². The van der Waals surface area contributed by atoms with Crippen molar-refractivity contribution in [2.75, 3.05) is 19.0 Å². The maximum atomic E-state index is 12.8. The standard InChI is InChI=1S/C15H19N3O3/c1-9(10(2)19)18-12-8-6-5-7-11(12)14(20)17(4)13(16-3)15(18)21/h5-9,13,16H,1-4H3. The number of rotatable bonds is 3. The Labute approximate surface area is 123 Å². The second kappa shape index (κ2) is 5.65. The Balaban J connectivity index is 2.66. The molecular weight excluding hydrogens is 270 g/mol. The van der Waals surface area contributed by atoms with Crippen molar-refractivity contribution < 1.29 is 14.4 Å². The van der Waals surface area contributed by atoms with Gasteiger partial charge in [0.25, 0.3) is 11.8 Å². The molecule has 2 rings (SSSR count). The summed E-state index contributed by atoms with van der Waals surface area (Å²) in [7, 11) is 3.18. The molecule has 1 heterocycles. The molecule has 6 heteroatoms. The molecule has 0 bridgehead atoms. The third kappa shape index (κ3) is 2.42. The maximum absolute atomic E-state index is 12.8. The Morgan fingerprint density at radius 1 is 1.29 bits per heavy atom. The molecule has 21 heavy (non-hydrogen) atoms. The molecule has 0 aromatic heterocycles. The molecule has 2 atom stereocenters. The van der Waals surface area contributed by atoms with Crippen LogP contribution < -0.4 is 10.2 Å². The van der Waals surface area contributed by atoms with Crippen LogP contribution in [-0.4, -0.2) is 48.8 Å². The molecule has 0 radical (unpaired) electrons. The molecule has 0 saturated heterocycles. The number of Topliss-reactive ketones (excluding diaryl/α,β-unsaturated/α-hetero) is 1. The number of nitrogens with one attached hydrogen (secondary N) is 1. The molecule has 112 valence electrons. The van der Waals surface area contributed by atoms with Crippen molar-refractivity contribution in [2.45, 2.75) is 26.1 Å². The Hall–Kier alpha value is -2.21. The third-order valence-corrected chi connectivity index (χ3v) is 3.82. The Morgan fingerprint density at radius 3 is 2.48 bits per heavy atom. The van der Waals surface area contributed by atoms with E-state index in [0.717, 1.165) is 0 Å². The number of amides is 2. The number of likely N-dealkylation sites (N-methyl/N-ethyl adjacent to an activating group) is 2. The first-order chi connectivity index (χ1) is 9.90. The van der Waals surface area contributed by atoms with Gasteiger partial charge in [-0.2, -0.15) is 0 Å². The van der Waals surface area contributed by atoms with Crippen LogP contribution in [0.15, 0.2) is 24.3 Å². The van der Waals surface area contributed by atoms with Crippen LogP contribution in [0.1, 0.15) is 24.2 Å². The average molecular weight is 289 g/mol. The van der Waals surface area contributed by atoms with E-state index < -0.39 is 12.2 Å². The van der Waals surface area contributed by atoms with E-state index in [1.54, 1.807) is 45.3 Å². The van der Waals surface area contributed by atoms with E-state index in [2.05, 4.69) is 5.32 Å². The van der Waals surface area contributed by atoms with E-state index in [4.69, 9.17) is 0 Å². The minimum Gasteiger partial charge on any atom is -0.317 e. The van der Waals surface area contributed by atoms with Crippen molar-refractivity contribution in [3.8, 4) is 0 Å². The molecule has 1 aliphatic heterocycles. The highest BCUT2D eigenvalue weighted by Gasteiger charge is 2.39. The molecule has 0 fully saturated rings. The topological polar surface area (TPSA) is 69.7 Å². The van der Waals surface area contributed by atoms with Gasteiger partial charge in [-0.25, -0.2) is 0 Å². The van der Waals surface area contributed by atoms with Crippen molar-refractivity contribution in [2.24, 2.45) is 0 Å². The fourth-order valence-corrected chi connectivity index (χ4v) is 2.49. The second-order valence-corrected chi connectivity index (χ2v) is 5.12. The number of carbonyl (C=O) groups excluding carboxylic acids is 3. The maximum Gasteiger partial charge on any atom is 0.265 e. The van der Waals surface area contributed by atoms with Gasteiger partial charge in [0.15, 0.2) is 11.9 Å². The molecule has 2 amide bonds. The van der Waals surface area contributed by atoms with E-state index in [-0.39, 0.29) is 17.6 Å². The summed E-state index contributed by atoms with van der Waals surface area (Å²) in [5.74, 6) is -0.706. The molecule has 2 unspecified atom stereocenters. The molecule has 0 spiro atoms. The van der Waals surface area contributed by atoms with Crippen LogP contribution in [0, 0.1) is 0 Å². The summed E-state index contributed by atoms with van der Waals surface area (Å²) in [5.41, 5.74) is 0.888. The lowest BCUT2D eigenvalue weighted by Gasteiger charge is -2.31. The molecule has 0 aliphatic carbocycles. The zero-order valence-corrected chi connectivity index (χ0v) is 12.6. The summed E-state index contributed by atoms with van der Waals surface area (Å²) < 4.78 is 0. The number of para-hydroxylation sites is 1. The number of hydrogen-bond donors (Lipinski definition) is 1. The van der Waals surface area contributed by atoms with Gasteiger partial charge in [-0.3, -0.25) is 24.6 Å². The average Bonchev–Trinajstić information content (AvgIpc) is 2.54. The van der Waals surface area contributed by atoms with Gasteiger partial charge in [-0.1, -0.05) is 12.1 Å². The van der Waals surface area contributed by atoms with Crippen LogP contribution in [0.25, 0.3) is 0 Å². The van der Waals surface area contributed by atoms with E-state index >= 15 is 0 Å². The number of benzene rings is 1. The first kappa shape index (κ1) is 15.2. The minimum atomic E-state index is -0.799. The lowest BCUT2D eigenvalue weighted by Crippen LogP contribution is -2.56. The molecule has 6 nitrogen and oxygen atoms in total. The van der Waals surface area contributed by atoms with Crippen LogP contribution in [0.2, 0.25) is 0 Å². The predicted molar refractivity (Wildman–Crippen MR) is 79.0 cm³/mol. The van der Waals surface area contributed by atoms with Gasteiger partial charge in [-0.15, -0.1) is 0 Å². The van der Waals surface area contributed by atoms with Gasteiger partial charge in [0.1, 0.15) is 0 Å². The van der Waals surface area contributed by atoms with E-state index in [9.17, 15) is 14.4 Å². The smallest absolute Gasteiger partial charge is 0.265 e. The lowest BCUT2D eigenvalue weighted by molar-refractivity contribution is -0.126. The first-order valence-electron chi connectivity index (χ1n) is 6.77. The molecule has 1 aromatic carbocycles. The monoisotopic (exact) mass is 289 g/mol. The van der Waals surface area contributed by atoms with Crippen molar-refractivity contribution in [3.63, 3.8) is 0 Å². The second-order valence-electron chi connectivity index (χ2n) is 5.12. The van der Waals surface area contributed by atoms with Crippen LogP contribution in [0.5, 0.6) is 0 Å². The summed E-state index contributed by atoms with van der Waals surface area (Å²) in [4.78, 5) is 39.8. The highest BCUT2D eigenvalue weighted by Crippen LogP contribution is 2.28. The molecule has 0 saturated carbocycles. The fourth-order valence-electron chi connectivity index (χ4n) is 2.49. The van der Waals surface area contributed by atoms with Gasteiger partial charge < -0.3 is 4.90 Å². The number of anilines is 1. The number of fused-ring (bicyclic) bond motifs is 1. The van der Waals surface area contributed by atoms with E-state index in [0.29, 0.717) is 11.3 Å². The number of carbonyl (C=O) groups is 3. The summed E-state index contributed by atoms with van der Waals surface area (Å²) in [6.45, 7) is 3.10. The summed E-state index contributed by atoms with van der Waals surface area (Å²) >= 11 is 0. The Kier molecular flexibility index (Phi) is 4.09. The minimum absolute atomic E-state index is 0.134. The van der Waals surface area contributed by atoms with E-state index in [1.807, 2.05) is 0 Å². The SMILES string of the molecule is CNC1C(=O)N(C(C)C(C)=O)c2ccccc2C(=O)N1C. The van der Waals surface area contributed by atoms with Gasteiger partial charge >= 0.3 is 0 Å². The first-order valence-corrected chi connectivity index (χ1v) is 6.77. The van der Waals surface area contributed by atoms with Crippen molar-refractivity contribution in [1.29, 1.82) is 0 Å². The summed E-state index contributed by atoms with van der Waals surface area (Å²) in [5, 5.41) is 2.84. The fraction of sp³-hybridized carbons (Fsp3) is 0.400. The van der Waals surface area contributed by atoms with Gasteiger partial charge in [0, 0.05) is 7.05 Å². The normalized spacial score (nSPS) is 20.1. The van der Waals surface area contributed by atoms with Crippen LogP contribution in [0.3, 0.4) is 0 Å². The Bertz CT molecular complexity index is 600. The van der Waals surface area contributed by atoms with Gasteiger partial charge in [0.05, 0.1) is 17.3 Å². The zero-order valence-electron chi connectivity index (χ0n) is 12.6. The molecule has 1 aliphatic rings. The predicted octanol–water partition coefficient (Wildman–Crippen LogP) is 0.628. The molecule has 1 aromatic rings. The number of nitrogens with zero attached hydrogens (tertiary/aromatic N) is 2. The highest BCUT2D eigenvalue weighted by atomic mass is 16.2. The largest absolute Gasteiger partial charge is 0.317 e. The van der Waals surface area contributed by atoms with Crippen LogP contribution in [0.4, 0.5) is 5.69 Å². The number of ketones is 1. The number of hydrogen-bond acceptors (Lipinski definition) is 4. The van der Waals surface area contributed by atoms with Crippen LogP contribution in [-0.2, 0) is 9.59 Å². The molecular formula is C15H19N3O3. The van der Waals surface area contributed by atoms with Crippen molar-refractivity contribution >= 4 is 23.3 Å². The quantitative estimate of drug-likeness (QED) is 0.886. The van der Waals surface area contributed by atoms with Gasteiger partial charge in [-0.05, 0) is 33.0 Å². The lowest BCUT2D eigenvalue weighted by atomic mass is 10.1. The molecule has 1 N–H and O–H groups in total. The highest BCUT2D eigenvalue weighted by molar-refractivity contribution is 6.12. The van der Waals surface area contributed by atoms with Gasteiger partial charge in [0.2, 0.25) is 0 Å². The summed E-state index contributed by atoms with van der Waals surface area (Å²) in [6.07, 6.45) is -0.799. The zero-order chi connectivity index (χ0) is 15.7. The summed E-state index contributed by atoms with van der Waals surface area (Å²) in [6, 6.07) is 6.22. The van der Waals surface area contributed by atoms with E-state index in [1.165, 1.54) is 16.7 Å².